The minimum absolute atomic E-state index is 0.143. The first-order valence-corrected chi connectivity index (χ1v) is 12.6. The molecule has 1 unspecified atom stereocenters. The van der Waals surface area contributed by atoms with E-state index in [1.807, 2.05) is 74.5 Å². The number of pyridine rings is 1. The predicted octanol–water partition coefficient (Wildman–Crippen LogP) is 4.00. The molecule has 1 atom stereocenters. The number of hydrogen-bond donors (Lipinski definition) is 0. The summed E-state index contributed by atoms with van der Waals surface area (Å²) < 4.78 is 24.8. The highest BCUT2D eigenvalue weighted by Crippen LogP contribution is 2.33. The number of ketones is 1. The molecule has 6 heteroatoms. The van der Waals surface area contributed by atoms with Gasteiger partial charge in [0.15, 0.2) is 0 Å². The van der Waals surface area contributed by atoms with Crippen molar-refractivity contribution in [2.75, 3.05) is 19.3 Å². The molecule has 0 spiro atoms. The third-order valence-electron chi connectivity index (χ3n) is 6.22. The summed E-state index contributed by atoms with van der Waals surface area (Å²) in [5, 5.41) is 0. The molecule has 1 aliphatic rings. The second-order valence-electron chi connectivity index (χ2n) is 8.68. The van der Waals surface area contributed by atoms with Gasteiger partial charge in [-0.1, -0.05) is 48.5 Å². The number of benzene rings is 2. The number of carbonyl (C=O) groups excluding carboxylic acids is 1. The molecule has 4 rings (SSSR count). The molecule has 3 aromatic rings. The summed E-state index contributed by atoms with van der Waals surface area (Å²) in [5.41, 5.74) is 6.03. The van der Waals surface area contributed by atoms with Crippen LogP contribution in [0.4, 0.5) is 0 Å². The van der Waals surface area contributed by atoms with E-state index in [-0.39, 0.29) is 17.6 Å². The van der Waals surface area contributed by atoms with Gasteiger partial charge in [0.05, 0.1) is 12.2 Å². The Labute approximate surface area is 190 Å². The standard InChI is InChI=1S/C26H28N2O3S/c1-18-6-4-5-7-24(18)26(25(29)15-20-12-13-27-19(2)14-20)22-10-8-21(9-11-22)23-16-28(17-23)32(3,30)31/h4-14,23,26H,15-17H2,1-3H3. The average molecular weight is 449 g/mol. The maximum absolute atomic E-state index is 13.5. The summed E-state index contributed by atoms with van der Waals surface area (Å²) in [4.78, 5) is 17.8. The average Bonchev–Trinajstić information content (AvgIpc) is 2.68. The molecule has 2 aromatic carbocycles. The van der Waals surface area contributed by atoms with Crippen LogP contribution in [0, 0.1) is 13.8 Å². The van der Waals surface area contributed by atoms with E-state index >= 15 is 0 Å². The van der Waals surface area contributed by atoms with E-state index in [4.69, 9.17) is 0 Å². The minimum atomic E-state index is -3.13. The van der Waals surface area contributed by atoms with Gasteiger partial charge >= 0.3 is 0 Å². The second kappa shape index (κ2) is 8.96. The lowest BCUT2D eigenvalue weighted by Gasteiger charge is -2.37. The Morgan fingerprint density at radius 3 is 2.38 bits per heavy atom. The van der Waals surface area contributed by atoms with Crippen LogP contribution in [0.3, 0.4) is 0 Å². The first-order chi connectivity index (χ1) is 15.2. The van der Waals surface area contributed by atoms with Crippen molar-refractivity contribution in [3.05, 3.63) is 100 Å². The molecule has 2 heterocycles. The molecule has 1 aromatic heterocycles. The molecule has 0 N–H and O–H groups in total. The molecule has 1 saturated heterocycles. The fourth-order valence-corrected chi connectivity index (χ4v) is 5.25. The summed E-state index contributed by atoms with van der Waals surface area (Å²) in [6, 6.07) is 20.0. The Morgan fingerprint density at radius 1 is 1.06 bits per heavy atom. The van der Waals surface area contributed by atoms with Gasteiger partial charge in [-0.15, -0.1) is 0 Å². The summed E-state index contributed by atoms with van der Waals surface area (Å²) in [6.45, 7) is 4.99. The highest BCUT2D eigenvalue weighted by molar-refractivity contribution is 7.88. The third-order valence-corrected chi connectivity index (χ3v) is 7.46. The zero-order valence-corrected chi connectivity index (χ0v) is 19.5. The van der Waals surface area contributed by atoms with Crippen molar-refractivity contribution in [3.8, 4) is 0 Å². The quantitative estimate of drug-likeness (QED) is 0.548. The van der Waals surface area contributed by atoms with Crippen LogP contribution < -0.4 is 0 Å². The highest BCUT2D eigenvalue weighted by Gasteiger charge is 2.34. The van der Waals surface area contributed by atoms with Crippen LogP contribution in [0.2, 0.25) is 0 Å². The summed E-state index contributed by atoms with van der Waals surface area (Å²) >= 11 is 0. The maximum Gasteiger partial charge on any atom is 0.211 e. The van der Waals surface area contributed by atoms with Crippen LogP contribution in [-0.2, 0) is 21.2 Å². The molecule has 1 aliphatic heterocycles. The summed E-state index contributed by atoms with van der Waals surface area (Å²) in [7, 11) is -3.13. The van der Waals surface area contributed by atoms with Gasteiger partial charge < -0.3 is 0 Å². The Hall–Kier alpha value is -2.83. The molecule has 0 saturated carbocycles. The van der Waals surface area contributed by atoms with Gasteiger partial charge in [-0.3, -0.25) is 9.78 Å². The predicted molar refractivity (Wildman–Crippen MR) is 126 cm³/mol. The van der Waals surface area contributed by atoms with Gasteiger partial charge in [0, 0.05) is 37.3 Å². The van der Waals surface area contributed by atoms with Crippen molar-refractivity contribution in [3.63, 3.8) is 0 Å². The first kappa shape index (κ1) is 22.4. The Kier molecular flexibility index (Phi) is 6.26. The summed E-state index contributed by atoms with van der Waals surface area (Å²) in [5.74, 6) is -0.0108. The Balaban J connectivity index is 1.60. The van der Waals surface area contributed by atoms with Crippen LogP contribution in [0.1, 0.15) is 45.3 Å². The van der Waals surface area contributed by atoms with Crippen molar-refractivity contribution in [1.29, 1.82) is 0 Å². The van der Waals surface area contributed by atoms with Gasteiger partial charge in [-0.05, 0) is 53.8 Å². The van der Waals surface area contributed by atoms with Crippen LogP contribution in [0.15, 0.2) is 66.9 Å². The van der Waals surface area contributed by atoms with Crippen molar-refractivity contribution in [2.24, 2.45) is 0 Å². The number of aryl methyl sites for hydroxylation is 2. The fourth-order valence-electron chi connectivity index (χ4n) is 4.35. The zero-order chi connectivity index (χ0) is 22.9. The molecule has 166 valence electrons. The topological polar surface area (TPSA) is 67.3 Å². The molecule has 1 fully saturated rings. The van der Waals surface area contributed by atoms with E-state index < -0.39 is 10.0 Å². The Morgan fingerprint density at radius 2 is 1.75 bits per heavy atom. The van der Waals surface area contributed by atoms with E-state index in [0.717, 1.165) is 33.5 Å². The van der Waals surface area contributed by atoms with Gasteiger partial charge in [0.2, 0.25) is 10.0 Å². The number of rotatable bonds is 7. The molecule has 32 heavy (non-hydrogen) atoms. The number of Topliss-reactive ketones (excluding diaryl/α,β-unsaturated/α-hetero) is 1. The second-order valence-corrected chi connectivity index (χ2v) is 10.7. The lowest BCUT2D eigenvalue weighted by molar-refractivity contribution is -0.119. The van der Waals surface area contributed by atoms with Crippen molar-refractivity contribution >= 4 is 15.8 Å². The molecule has 5 nitrogen and oxygen atoms in total. The van der Waals surface area contributed by atoms with Crippen LogP contribution in [0.25, 0.3) is 0 Å². The van der Waals surface area contributed by atoms with Gasteiger partial charge in [0.1, 0.15) is 5.78 Å². The monoisotopic (exact) mass is 448 g/mol. The van der Waals surface area contributed by atoms with Crippen molar-refractivity contribution < 1.29 is 13.2 Å². The molecular weight excluding hydrogens is 420 g/mol. The van der Waals surface area contributed by atoms with Crippen LogP contribution in [-0.4, -0.2) is 42.8 Å². The van der Waals surface area contributed by atoms with Crippen LogP contribution >= 0.6 is 0 Å². The maximum atomic E-state index is 13.5. The number of sulfonamides is 1. The van der Waals surface area contributed by atoms with E-state index in [1.165, 1.54) is 10.6 Å². The largest absolute Gasteiger partial charge is 0.298 e. The van der Waals surface area contributed by atoms with Crippen LogP contribution in [0.5, 0.6) is 0 Å². The molecule has 0 aliphatic carbocycles. The lowest BCUT2D eigenvalue weighted by Crippen LogP contribution is -2.47. The number of hydrogen-bond acceptors (Lipinski definition) is 4. The van der Waals surface area contributed by atoms with E-state index in [2.05, 4.69) is 4.98 Å². The van der Waals surface area contributed by atoms with Gasteiger partial charge in [0.25, 0.3) is 0 Å². The fraction of sp³-hybridized carbons (Fsp3) is 0.308. The van der Waals surface area contributed by atoms with Crippen molar-refractivity contribution in [1.82, 2.24) is 9.29 Å². The zero-order valence-electron chi connectivity index (χ0n) is 18.7. The highest BCUT2D eigenvalue weighted by atomic mass is 32.2. The first-order valence-electron chi connectivity index (χ1n) is 10.8. The lowest BCUT2D eigenvalue weighted by atomic mass is 9.82. The van der Waals surface area contributed by atoms with Gasteiger partial charge in [-0.2, -0.15) is 0 Å². The number of nitrogens with zero attached hydrogens (tertiary/aromatic N) is 2. The molecule has 0 radical (unpaired) electrons. The smallest absolute Gasteiger partial charge is 0.211 e. The Bertz CT molecular complexity index is 1230. The van der Waals surface area contributed by atoms with E-state index in [9.17, 15) is 13.2 Å². The summed E-state index contributed by atoms with van der Waals surface area (Å²) in [6.07, 6.45) is 3.33. The third kappa shape index (κ3) is 4.81. The molecular formula is C26H28N2O3S. The SMILES string of the molecule is Cc1cc(CC(=O)C(c2ccc(C3CN(S(C)(=O)=O)C3)cc2)c2ccccc2C)ccn1. The van der Waals surface area contributed by atoms with Gasteiger partial charge in [-0.25, -0.2) is 12.7 Å². The van der Waals surface area contributed by atoms with E-state index in [0.29, 0.717) is 19.5 Å². The van der Waals surface area contributed by atoms with Crippen molar-refractivity contribution in [2.45, 2.75) is 32.1 Å². The molecule has 0 amide bonds. The normalized spacial score (nSPS) is 15.8. The minimum Gasteiger partial charge on any atom is -0.298 e. The number of carbonyl (C=O) groups is 1. The number of aromatic nitrogens is 1. The van der Waals surface area contributed by atoms with E-state index in [1.54, 1.807) is 6.20 Å². The molecule has 0 bridgehead atoms.